The monoisotopic (exact) mass is 274 g/mol. The van der Waals surface area contributed by atoms with Gasteiger partial charge in [0, 0.05) is 11.1 Å². The van der Waals surface area contributed by atoms with E-state index in [2.05, 4.69) is 26.8 Å². The maximum Gasteiger partial charge on any atom is 0.342 e. The largest absolute Gasteiger partial charge is 0.507 e. The second-order valence-electron chi connectivity index (χ2n) is 5.32. The Labute approximate surface area is 120 Å². The molecule has 0 amide bonds. The van der Waals surface area contributed by atoms with Crippen LogP contribution >= 0.6 is 0 Å². The Morgan fingerprint density at radius 1 is 1.35 bits per heavy atom. The number of phenols is 1. The number of fused-ring (bicyclic) bond motifs is 1. The molecule has 0 saturated heterocycles. The highest BCUT2D eigenvalue weighted by molar-refractivity contribution is 5.97. The summed E-state index contributed by atoms with van der Waals surface area (Å²) in [5.74, 6) is -0.286. The van der Waals surface area contributed by atoms with Crippen LogP contribution in [0.2, 0.25) is 0 Å². The lowest BCUT2D eigenvalue weighted by molar-refractivity contribution is 0.0533. The fourth-order valence-electron chi connectivity index (χ4n) is 2.76. The number of phenolic OH excluding ortho intramolecular Hbond substituents is 1. The van der Waals surface area contributed by atoms with Crippen LogP contribution in [-0.4, -0.2) is 11.1 Å². The first-order valence-corrected chi connectivity index (χ1v) is 7.20. The minimum absolute atomic E-state index is 0.116. The van der Waals surface area contributed by atoms with Crippen LogP contribution in [-0.2, 0) is 24.2 Å². The van der Waals surface area contributed by atoms with E-state index in [1.54, 1.807) is 0 Å². The predicted molar refractivity (Wildman–Crippen MR) is 79.1 cm³/mol. The van der Waals surface area contributed by atoms with Gasteiger partial charge in [-0.05, 0) is 44.2 Å². The summed E-state index contributed by atoms with van der Waals surface area (Å²) in [5.41, 5.74) is 5.60. The van der Waals surface area contributed by atoms with Gasteiger partial charge in [0.1, 0.15) is 17.9 Å². The fourth-order valence-corrected chi connectivity index (χ4v) is 2.76. The number of benzene rings is 1. The summed E-state index contributed by atoms with van der Waals surface area (Å²) in [7, 11) is 0. The molecule has 0 fully saturated rings. The normalized spacial score (nSPS) is 14.4. The van der Waals surface area contributed by atoms with Gasteiger partial charge in [0.25, 0.3) is 0 Å². The summed E-state index contributed by atoms with van der Waals surface area (Å²) >= 11 is 0. The molecule has 3 nitrogen and oxygen atoms in total. The zero-order chi connectivity index (χ0) is 14.9. The lowest BCUT2D eigenvalue weighted by Crippen LogP contribution is -2.04. The molecule has 108 valence electrons. The van der Waals surface area contributed by atoms with E-state index in [1.807, 2.05) is 6.92 Å². The molecule has 0 aliphatic carbocycles. The summed E-state index contributed by atoms with van der Waals surface area (Å²) in [6, 6.07) is 0. The number of rotatable bonds is 4. The number of cyclic esters (lactones) is 1. The third-order valence-corrected chi connectivity index (χ3v) is 4.21. The quantitative estimate of drug-likeness (QED) is 0.670. The number of esters is 1. The van der Waals surface area contributed by atoms with E-state index >= 15 is 0 Å². The van der Waals surface area contributed by atoms with Crippen LogP contribution in [0.25, 0.3) is 0 Å². The van der Waals surface area contributed by atoms with Gasteiger partial charge in [0.15, 0.2) is 0 Å². The smallest absolute Gasteiger partial charge is 0.342 e. The first-order valence-electron chi connectivity index (χ1n) is 7.20. The average molecular weight is 274 g/mol. The molecule has 0 spiro atoms. The van der Waals surface area contributed by atoms with Crippen molar-refractivity contribution in [2.24, 2.45) is 0 Å². The van der Waals surface area contributed by atoms with Gasteiger partial charge in [0.2, 0.25) is 0 Å². The first-order chi connectivity index (χ1) is 9.51. The Morgan fingerprint density at radius 3 is 2.65 bits per heavy atom. The van der Waals surface area contributed by atoms with Crippen LogP contribution in [0.15, 0.2) is 11.6 Å². The Hall–Kier alpha value is -1.77. The molecule has 20 heavy (non-hydrogen) atoms. The predicted octanol–water partition coefficient (Wildman–Crippen LogP) is 3.83. The van der Waals surface area contributed by atoms with Crippen LogP contribution in [0.1, 0.15) is 59.8 Å². The molecule has 0 bridgehead atoms. The number of ether oxygens (including phenoxy) is 1. The van der Waals surface area contributed by atoms with E-state index in [0.29, 0.717) is 12.0 Å². The van der Waals surface area contributed by atoms with Crippen molar-refractivity contribution in [2.45, 2.75) is 53.6 Å². The Kier molecular flexibility index (Phi) is 4.17. The molecular weight excluding hydrogens is 252 g/mol. The van der Waals surface area contributed by atoms with Crippen molar-refractivity contribution in [3.63, 3.8) is 0 Å². The van der Waals surface area contributed by atoms with Gasteiger partial charge in [0.05, 0.1) is 0 Å². The summed E-state index contributed by atoms with van der Waals surface area (Å²) in [6.45, 7) is 8.56. The Morgan fingerprint density at radius 2 is 2.05 bits per heavy atom. The standard InChI is InChI=1S/C17H22O3/c1-5-10(3)7-8-13-12(6-2)11(4)14-9-20-17(19)15(14)16(13)18/h7,18H,5-6,8-9H2,1-4H3. The minimum Gasteiger partial charge on any atom is -0.507 e. The Balaban J connectivity index is 2.58. The second kappa shape index (κ2) is 5.70. The topological polar surface area (TPSA) is 46.5 Å². The number of carbonyl (C=O) groups excluding carboxylic acids is 1. The van der Waals surface area contributed by atoms with Crippen molar-refractivity contribution < 1.29 is 14.6 Å². The van der Waals surface area contributed by atoms with Crippen LogP contribution in [0.3, 0.4) is 0 Å². The van der Waals surface area contributed by atoms with Crippen molar-refractivity contribution >= 4 is 5.97 Å². The number of aromatic hydroxyl groups is 1. The number of allylic oxidation sites excluding steroid dienone is 2. The summed E-state index contributed by atoms with van der Waals surface area (Å²) in [5, 5.41) is 10.5. The zero-order valence-electron chi connectivity index (χ0n) is 12.7. The van der Waals surface area contributed by atoms with E-state index in [-0.39, 0.29) is 12.4 Å². The lowest BCUT2D eigenvalue weighted by Gasteiger charge is -2.16. The van der Waals surface area contributed by atoms with E-state index in [0.717, 1.165) is 35.1 Å². The maximum absolute atomic E-state index is 11.8. The van der Waals surface area contributed by atoms with Crippen LogP contribution in [0, 0.1) is 6.92 Å². The van der Waals surface area contributed by atoms with Crippen molar-refractivity contribution in [1.29, 1.82) is 0 Å². The molecule has 1 N–H and O–H groups in total. The average Bonchev–Trinajstić information content (AvgIpc) is 2.83. The van der Waals surface area contributed by atoms with Gasteiger partial charge in [-0.15, -0.1) is 0 Å². The SMILES string of the molecule is CCC(C)=CCc1c(O)c2c(c(C)c1CC)COC2=O. The molecule has 1 aliphatic rings. The van der Waals surface area contributed by atoms with Gasteiger partial charge in [-0.2, -0.15) is 0 Å². The van der Waals surface area contributed by atoms with Crippen molar-refractivity contribution in [2.75, 3.05) is 0 Å². The lowest BCUT2D eigenvalue weighted by atomic mass is 9.89. The second-order valence-corrected chi connectivity index (χ2v) is 5.32. The molecule has 1 aromatic carbocycles. The van der Waals surface area contributed by atoms with Crippen molar-refractivity contribution in [1.82, 2.24) is 0 Å². The molecule has 1 aromatic rings. The van der Waals surface area contributed by atoms with E-state index < -0.39 is 5.97 Å². The highest BCUT2D eigenvalue weighted by atomic mass is 16.5. The van der Waals surface area contributed by atoms with Crippen molar-refractivity contribution in [3.05, 3.63) is 39.5 Å². The van der Waals surface area contributed by atoms with Crippen molar-refractivity contribution in [3.8, 4) is 5.75 Å². The van der Waals surface area contributed by atoms with Crippen LogP contribution < -0.4 is 0 Å². The van der Waals surface area contributed by atoms with Gasteiger partial charge < -0.3 is 9.84 Å². The summed E-state index contributed by atoms with van der Waals surface area (Å²) in [4.78, 5) is 11.8. The van der Waals surface area contributed by atoms with Crippen LogP contribution in [0.4, 0.5) is 0 Å². The van der Waals surface area contributed by atoms with Gasteiger partial charge >= 0.3 is 5.97 Å². The van der Waals surface area contributed by atoms with Gasteiger partial charge in [-0.1, -0.05) is 25.5 Å². The summed E-state index contributed by atoms with van der Waals surface area (Å²) < 4.78 is 5.07. The highest BCUT2D eigenvalue weighted by Crippen LogP contribution is 2.38. The molecule has 0 atom stereocenters. The highest BCUT2D eigenvalue weighted by Gasteiger charge is 2.30. The van der Waals surface area contributed by atoms with E-state index in [4.69, 9.17) is 4.74 Å². The third-order valence-electron chi connectivity index (χ3n) is 4.21. The van der Waals surface area contributed by atoms with E-state index in [1.165, 1.54) is 5.57 Å². The molecule has 1 aliphatic heterocycles. The maximum atomic E-state index is 11.8. The minimum atomic E-state index is -0.402. The summed E-state index contributed by atoms with van der Waals surface area (Å²) in [6.07, 6.45) is 4.62. The molecule has 0 aromatic heterocycles. The van der Waals surface area contributed by atoms with Gasteiger partial charge in [-0.25, -0.2) is 4.79 Å². The Bertz CT molecular complexity index is 583. The van der Waals surface area contributed by atoms with Crippen LogP contribution in [0.5, 0.6) is 5.75 Å². The number of carbonyl (C=O) groups is 1. The zero-order valence-corrected chi connectivity index (χ0v) is 12.7. The molecule has 0 saturated carbocycles. The van der Waals surface area contributed by atoms with E-state index in [9.17, 15) is 9.90 Å². The third kappa shape index (κ3) is 2.33. The molecule has 1 heterocycles. The number of hydrogen-bond donors (Lipinski definition) is 1. The molecule has 0 radical (unpaired) electrons. The molecular formula is C17H22O3. The first kappa shape index (κ1) is 14.6. The fraction of sp³-hybridized carbons (Fsp3) is 0.471. The molecule has 3 heteroatoms. The molecule has 2 rings (SSSR count). The van der Waals surface area contributed by atoms with Gasteiger partial charge in [-0.3, -0.25) is 0 Å². The molecule has 0 unspecified atom stereocenters. The number of hydrogen-bond acceptors (Lipinski definition) is 3.